The molecule has 1 fully saturated rings. The number of likely N-dealkylation sites (tertiary alicyclic amines) is 1. The average Bonchev–Trinajstić information content (AvgIpc) is 3.09. The van der Waals surface area contributed by atoms with Gasteiger partial charge in [-0.1, -0.05) is 36.3 Å². The van der Waals surface area contributed by atoms with E-state index in [0.29, 0.717) is 6.42 Å². The summed E-state index contributed by atoms with van der Waals surface area (Å²) in [6.45, 7) is 2.79. The molecule has 3 aromatic rings. The van der Waals surface area contributed by atoms with Crippen molar-refractivity contribution in [3.8, 4) is 11.8 Å². The minimum absolute atomic E-state index is 0.00548. The third kappa shape index (κ3) is 4.67. The number of rotatable bonds is 5. The number of aromatic nitrogens is 2. The smallest absolute Gasteiger partial charge is 0.306 e. The van der Waals surface area contributed by atoms with Crippen molar-refractivity contribution < 1.29 is 4.79 Å². The predicted molar refractivity (Wildman–Crippen MR) is 115 cm³/mol. The Labute approximate surface area is 170 Å². The van der Waals surface area contributed by atoms with Crippen LogP contribution in [-0.2, 0) is 4.79 Å². The van der Waals surface area contributed by atoms with E-state index in [0.717, 1.165) is 55.5 Å². The summed E-state index contributed by atoms with van der Waals surface area (Å²) in [6, 6.07) is 17.7. The van der Waals surface area contributed by atoms with Crippen LogP contribution in [0.4, 0.5) is 0 Å². The van der Waals surface area contributed by atoms with E-state index in [2.05, 4.69) is 21.7 Å². The number of para-hydroxylation sites is 2. The number of carbonyl (C=O) groups is 1. The van der Waals surface area contributed by atoms with Crippen LogP contribution in [0.1, 0.15) is 37.3 Å². The Kier molecular flexibility index (Phi) is 5.92. The van der Waals surface area contributed by atoms with Crippen LogP contribution >= 0.6 is 0 Å². The molecule has 0 spiro atoms. The molecular formula is C24H25N3O2. The largest absolute Gasteiger partial charge is 0.326 e. The lowest BCUT2D eigenvalue weighted by Gasteiger charge is -2.32. The summed E-state index contributed by atoms with van der Waals surface area (Å²) in [4.78, 5) is 29.7. The highest BCUT2D eigenvalue weighted by Gasteiger charge is 2.23. The number of ketones is 1. The van der Waals surface area contributed by atoms with Crippen LogP contribution in [-0.4, -0.2) is 39.9 Å². The molecule has 5 heteroatoms. The molecule has 29 heavy (non-hydrogen) atoms. The predicted octanol–water partition coefficient (Wildman–Crippen LogP) is 3.37. The average molecular weight is 387 g/mol. The van der Waals surface area contributed by atoms with Crippen molar-refractivity contribution in [3.63, 3.8) is 0 Å². The zero-order chi connectivity index (χ0) is 20.1. The van der Waals surface area contributed by atoms with Gasteiger partial charge in [-0.2, -0.15) is 0 Å². The normalized spacial score (nSPS) is 15.2. The number of hydrogen-bond acceptors (Lipinski definition) is 3. The second-order valence-corrected chi connectivity index (χ2v) is 7.53. The van der Waals surface area contributed by atoms with Gasteiger partial charge in [-0.15, -0.1) is 0 Å². The summed E-state index contributed by atoms with van der Waals surface area (Å²) in [5.41, 5.74) is 2.73. The molecule has 0 saturated carbocycles. The van der Waals surface area contributed by atoms with E-state index in [-0.39, 0.29) is 17.5 Å². The second kappa shape index (κ2) is 8.93. The van der Waals surface area contributed by atoms with Crippen molar-refractivity contribution in [2.24, 2.45) is 0 Å². The maximum absolute atomic E-state index is 12.4. The molecule has 0 bridgehead atoms. The maximum atomic E-state index is 12.4. The van der Waals surface area contributed by atoms with Gasteiger partial charge in [-0.3, -0.25) is 9.36 Å². The molecule has 1 aliphatic heterocycles. The molecule has 5 nitrogen and oxygen atoms in total. The maximum Gasteiger partial charge on any atom is 0.326 e. The molecule has 1 N–H and O–H groups in total. The van der Waals surface area contributed by atoms with Gasteiger partial charge >= 0.3 is 5.69 Å². The van der Waals surface area contributed by atoms with Crippen LogP contribution in [0.2, 0.25) is 0 Å². The molecule has 0 atom stereocenters. The fourth-order valence-corrected chi connectivity index (χ4v) is 4.03. The van der Waals surface area contributed by atoms with Gasteiger partial charge in [0.25, 0.3) is 0 Å². The van der Waals surface area contributed by atoms with Crippen molar-refractivity contribution >= 4 is 16.8 Å². The highest BCUT2D eigenvalue weighted by molar-refractivity contribution is 5.95. The Morgan fingerprint density at radius 1 is 1.03 bits per heavy atom. The Hall–Kier alpha value is -3.10. The van der Waals surface area contributed by atoms with Crippen LogP contribution in [0.3, 0.4) is 0 Å². The van der Waals surface area contributed by atoms with Gasteiger partial charge in [-0.25, -0.2) is 4.79 Å². The number of nitrogens with one attached hydrogen (secondary N) is 1. The highest BCUT2D eigenvalue weighted by atomic mass is 16.1. The number of fused-ring (bicyclic) bond motifs is 1. The monoisotopic (exact) mass is 387 g/mol. The molecule has 1 aliphatic rings. The summed E-state index contributed by atoms with van der Waals surface area (Å²) in [5.74, 6) is 5.66. The number of nitrogens with zero attached hydrogens (tertiary/aromatic N) is 2. The van der Waals surface area contributed by atoms with E-state index in [1.54, 1.807) is 0 Å². The summed E-state index contributed by atoms with van der Waals surface area (Å²) in [5, 5.41) is 0. The fourth-order valence-electron chi connectivity index (χ4n) is 4.03. The number of benzene rings is 2. The number of imidazole rings is 1. The molecule has 4 rings (SSSR count). The first kappa shape index (κ1) is 19.2. The van der Waals surface area contributed by atoms with Crippen molar-refractivity contribution in [3.05, 3.63) is 70.6 Å². The first-order chi connectivity index (χ1) is 14.2. The lowest BCUT2D eigenvalue weighted by Crippen LogP contribution is -2.37. The zero-order valence-corrected chi connectivity index (χ0v) is 16.4. The number of aromatic amines is 1. The molecule has 148 valence electrons. The molecular weight excluding hydrogens is 362 g/mol. The molecule has 0 aliphatic carbocycles. The van der Waals surface area contributed by atoms with Crippen molar-refractivity contribution in [1.29, 1.82) is 0 Å². The van der Waals surface area contributed by atoms with Gasteiger partial charge in [0.05, 0.1) is 11.0 Å². The van der Waals surface area contributed by atoms with Gasteiger partial charge in [0.1, 0.15) is 0 Å². The zero-order valence-electron chi connectivity index (χ0n) is 16.4. The van der Waals surface area contributed by atoms with E-state index in [9.17, 15) is 9.59 Å². The minimum atomic E-state index is -0.0211. The van der Waals surface area contributed by atoms with Crippen molar-refractivity contribution in [1.82, 2.24) is 14.5 Å². The van der Waals surface area contributed by atoms with Gasteiger partial charge in [-0.05, 0) is 56.0 Å². The Bertz CT molecular complexity index is 1090. The number of hydrogen-bond donors (Lipinski definition) is 1. The van der Waals surface area contributed by atoms with E-state index in [4.69, 9.17) is 0 Å². The number of piperidine rings is 1. The third-order valence-corrected chi connectivity index (χ3v) is 5.54. The lowest BCUT2D eigenvalue weighted by atomic mass is 10.0. The molecule has 0 unspecified atom stereocenters. The van der Waals surface area contributed by atoms with E-state index in [1.165, 1.54) is 0 Å². The molecule has 1 aromatic heterocycles. The van der Waals surface area contributed by atoms with Gasteiger partial charge < -0.3 is 9.88 Å². The Morgan fingerprint density at radius 2 is 1.76 bits per heavy atom. The van der Waals surface area contributed by atoms with Crippen LogP contribution in [0.5, 0.6) is 0 Å². The lowest BCUT2D eigenvalue weighted by molar-refractivity contribution is -0.114. The first-order valence-corrected chi connectivity index (χ1v) is 10.2. The van der Waals surface area contributed by atoms with Crippen LogP contribution < -0.4 is 5.69 Å². The van der Waals surface area contributed by atoms with E-state index >= 15 is 0 Å². The minimum Gasteiger partial charge on any atom is -0.306 e. The molecule has 0 amide bonds. The number of H-pyrrole nitrogens is 1. The van der Waals surface area contributed by atoms with Crippen molar-refractivity contribution in [2.75, 3.05) is 19.6 Å². The molecule has 2 aromatic carbocycles. The highest BCUT2D eigenvalue weighted by Crippen LogP contribution is 2.24. The van der Waals surface area contributed by atoms with Crippen LogP contribution in [0.25, 0.3) is 11.0 Å². The second-order valence-electron chi connectivity index (χ2n) is 7.53. The van der Waals surface area contributed by atoms with Gasteiger partial charge in [0, 0.05) is 31.1 Å². The summed E-state index contributed by atoms with van der Waals surface area (Å²) < 4.78 is 1.91. The quantitative estimate of drug-likeness (QED) is 0.683. The molecule has 2 heterocycles. The summed E-state index contributed by atoms with van der Waals surface area (Å²) in [6.07, 6.45) is 3.20. The summed E-state index contributed by atoms with van der Waals surface area (Å²) in [7, 11) is 0. The standard InChI is InChI=1S/C24H25N3O2/c28-21(13-12-19-7-2-1-3-8-19)9-6-16-26-17-14-20(15-18-26)27-23-11-5-4-10-22(23)25-24(27)29/h1-5,7-8,10-11,20H,6,9,14-18H2,(H,25,29). The summed E-state index contributed by atoms with van der Waals surface area (Å²) >= 11 is 0. The van der Waals surface area contributed by atoms with Gasteiger partial charge in [0.15, 0.2) is 0 Å². The fraction of sp³-hybridized carbons (Fsp3) is 0.333. The Morgan fingerprint density at radius 3 is 2.55 bits per heavy atom. The third-order valence-electron chi connectivity index (χ3n) is 5.54. The first-order valence-electron chi connectivity index (χ1n) is 10.2. The van der Waals surface area contributed by atoms with E-state index < -0.39 is 0 Å². The van der Waals surface area contributed by atoms with Gasteiger partial charge in [0.2, 0.25) is 5.78 Å². The number of Topliss-reactive ketones (excluding diaryl/α,β-unsaturated/α-hetero) is 1. The molecule has 1 saturated heterocycles. The topological polar surface area (TPSA) is 58.1 Å². The van der Waals surface area contributed by atoms with Crippen LogP contribution in [0.15, 0.2) is 59.4 Å². The van der Waals surface area contributed by atoms with E-state index in [1.807, 2.05) is 59.2 Å². The van der Waals surface area contributed by atoms with Crippen molar-refractivity contribution in [2.45, 2.75) is 31.7 Å². The number of carbonyl (C=O) groups excluding carboxylic acids is 1. The SMILES string of the molecule is O=C(C#Cc1ccccc1)CCCN1CCC(n2c(=O)[nH]c3ccccc32)CC1. The Balaban J connectivity index is 1.25. The molecule has 0 radical (unpaired) electrons. The van der Waals surface area contributed by atoms with Crippen LogP contribution in [0, 0.1) is 11.8 Å².